The number of carboxylic acid groups (broad SMARTS) is 1. The number of pyridine rings is 1. The Bertz CT molecular complexity index is 532. The second-order valence-corrected chi connectivity index (χ2v) is 4.90. The summed E-state index contributed by atoms with van der Waals surface area (Å²) in [6, 6.07) is 2.73. The molecule has 1 aliphatic rings. The lowest BCUT2D eigenvalue weighted by Crippen LogP contribution is -2.45. The molecule has 21 heavy (non-hydrogen) atoms. The highest BCUT2D eigenvalue weighted by Crippen LogP contribution is 2.17. The van der Waals surface area contributed by atoms with Crippen LogP contribution < -0.4 is 5.32 Å². The molecule has 2 N–H and O–H groups in total. The fourth-order valence-corrected chi connectivity index (χ4v) is 2.35. The summed E-state index contributed by atoms with van der Waals surface area (Å²) in [4.78, 5) is 39.9. The maximum atomic E-state index is 12.0. The summed E-state index contributed by atoms with van der Waals surface area (Å²) in [6.07, 6.45) is 4.48. The molecule has 0 aromatic carbocycles. The summed E-state index contributed by atoms with van der Waals surface area (Å²) in [7, 11) is 0. The summed E-state index contributed by atoms with van der Waals surface area (Å²) < 4.78 is 0. The van der Waals surface area contributed by atoms with Crippen LogP contribution in [0.25, 0.3) is 0 Å². The van der Waals surface area contributed by atoms with Gasteiger partial charge in [-0.1, -0.05) is 6.07 Å². The number of amides is 2. The molecule has 2 rings (SSSR count). The molecule has 1 aromatic rings. The summed E-state index contributed by atoms with van der Waals surface area (Å²) in [5.41, 5.74) is 0.757. The predicted octanol–water partition coefficient (Wildman–Crippen LogP) is -0.184. The van der Waals surface area contributed by atoms with E-state index in [0.29, 0.717) is 19.4 Å². The Hall–Kier alpha value is -2.44. The van der Waals surface area contributed by atoms with E-state index in [1.54, 1.807) is 24.5 Å². The third kappa shape index (κ3) is 4.01. The third-order valence-electron chi connectivity index (χ3n) is 3.38. The van der Waals surface area contributed by atoms with Gasteiger partial charge in [-0.2, -0.15) is 0 Å². The summed E-state index contributed by atoms with van der Waals surface area (Å²) in [5, 5.41) is 11.5. The molecule has 0 unspecified atom stereocenters. The fraction of sp³-hybridized carbons (Fsp3) is 0.429. The topological polar surface area (TPSA) is 99.6 Å². The van der Waals surface area contributed by atoms with Crippen LogP contribution in [0.4, 0.5) is 0 Å². The Morgan fingerprint density at radius 2 is 2.24 bits per heavy atom. The molecule has 0 saturated carbocycles. The van der Waals surface area contributed by atoms with Gasteiger partial charge in [0.2, 0.25) is 11.8 Å². The van der Waals surface area contributed by atoms with E-state index in [1.807, 2.05) is 0 Å². The number of rotatable bonds is 5. The summed E-state index contributed by atoms with van der Waals surface area (Å²) in [5.74, 6) is -1.65. The molecule has 7 nitrogen and oxygen atoms in total. The summed E-state index contributed by atoms with van der Waals surface area (Å²) >= 11 is 0. The molecule has 0 radical (unpaired) electrons. The van der Waals surface area contributed by atoms with Crippen molar-refractivity contribution in [1.29, 1.82) is 0 Å². The van der Waals surface area contributed by atoms with E-state index in [9.17, 15) is 14.4 Å². The minimum Gasteiger partial charge on any atom is -0.480 e. The molecular weight excluding hydrogens is 274 g/mol. The summed E-state index contributed by atoms with van der Waals surface area (Å²) in [6.45, 7) is 0.247. The van der Waals surface area contributed by atoms with Crippen LogP contribution in [0.1, 0.15) is 18.4 Å². The van der Waals surface area contributed by atoms with Crippen LogP contribution in [0.5, 0.6) is 0 Å². The Labute approximate surface area is 122 Å². The largest absolute Gasteiger partial charge is 0.480 e. The number of carbonyl (C=O) groups is 3. The molecule has 1 fully saturated rings. The monoisotopic (exact) mass is 291 g/mol. The SMILES string of the molecule is O=C(Cc1cccnc1)NCC(=O)N1CCC[C@H]1C(=O)O. The highest BCUT2D eigenvalue weighted by molar-refractivity contribution is 5.88. The zero-order valence-electron chi connectivity index (χ0n) is 11.5. The first-order valence-corrected chi connectivity index (χ1v) is 6.76. The Kier molecular flexibility index (Phi) is 4.86. The van der Waals surface area contributed by atoms with Gasteiger partial charge in [0.15, 0.2) is 0 Å². The van der Waals surface area contributed by atoms with Gasteiger partial charge in [0.05, 0.1) is 13.0 Å². The van der Waals surface area contributed by atoms with Crippen molar-refractivity contribution in [2.75, 3.05) is 13.1 Å². The minimum absolute atomic E-state index is 0.142. The number of carboxylic acids is 1. The maximum absolute atomic E-state index is 12.0. The average Bonchev–Trinajstić information content (AvgIpc) is 2.95. The van der Waals surface area contributed by atoms with Crippen molar-refractivity contribution < 1.29 is 19.5 Å². The lowest BCUT2D eigenvalue weighted by molar-refractivity contribution is -0.148. The van der Waals surface area contributed by atoms with Crippen molar-refractivity contribution in [3.63, 3.8) is 0 Å². The maximum Gasteiger partial charge on any atom is 0.326 e. The van der Waals surface area contributed by atoms with Crippen molar-refractivity contribution >= 4 is 17.8 Å². The van der Waals surface area contributed by atoms with Crippen LogP contribution in [-0.4, -0.2) is 51.9 Å². The Balaban J connectivity index is 1.81. The first-order valence-electron chi connectivity index (χ1n) is 6.76. The van der Waals surface area contributed by atoms with E-state index in [1.165, 1.54) is 4.90 Å². The quantitative estimate of drug-likeness (QED) is 0.783. The molecule has 7 heteroatoms. The number of carbonyl (C=O) groups excluding carboxylic acids is 2. The first-order chi connectivity index (χ1) is 10.1. The first kappa shape index (κ1) is 15.0. The lowest BCUT2D eigenvalue weighted by atomic mass is 10.2. The third-order valence-corrected chi connectivity index (χ3v) is 3.38. The highest BCUT2D eigenvalue weighted by atomic mass is 16.4. The van der Waals surface area contributed by atoms with E-state index >= 15 is 0 Å². The van der Waals surface area contributed by atoms with Crippen LogP contribution in [-0.2, 0) is 20.8 Å². The lowest BCUT2D eigenvalue weighted by Gasteiger charge is -2.21. The molecule has 1 aromatic heterocycles. The van der Waals surface area contributed by atoms with Crippen molar-refractivity contribution in [1.82, 2.24) is 15.2 Å². The van der Waals surface area contributed by atoms with Gasteiger partial charge in [0.25, 0.3) is 0 Å². The van der Waals surface area contributed by atoms with E-state index in [4.69, 9.17) is 5.11 Å². The van der Waals surface area contributed by atoms with E-state index in [2.05, 4.69) is 10.3 Å². The molecule has 2 heterocycles. The normalized spacial score (nSPS) is 17.5. The number of nitrogens with zero attached hydrogens (tertiary/aromatic N) is 2. The molecule has 1 saturated heterocycles. The Morgan fingerprint density at radius 3 is 2.90 bits per heavy atom. The van der Waals surface area contributed by atoms with E-state index < -0.39 is 12.0 Å². The minimum atomic E-state index is -0.998. The molecule has 0 aliphatic carbocycles. The van der Waals surface area contributed by atoms with Gasteiger partial charge >= 0.3 is 5.97 Å². The van der Waals surface area contributed by atoms with Crippen molar-refractivity contribution in [2.45, 2.75) is 25.3 Å². The zero-order chi connectivity index (χ0) is 15.2. The van der Waals surface area contributed by atoms with Crippen molar-refractivity contribution in [3.05, 3.63) is 30.1 Å². The molecule has 0 spiro atoms. The van der Waals surface area contributed by atoms with Gasteiger partial charge in [-0.15, -0.1) is 0 Å². The van der Waals surface area contributed by atoms with Crippen LogP contribution in [0.15, 0.2) is 24.5 Å². The van der Waals surface area contributed by atoms with Gasteiger partial charge in [0.1, 0.15) is 6.04 Å². The standard InChI is InChI=1S/C14H17N3O4/c18-12(7-10-3-1-5-15-8-10)16-9-13(19)17-6-2-4-11(17)14(20)21/h1,3,5,8,11H,2,4,6-7,9H2,(H,16,18)(H,20,21)/t11-/m0/s1. The van der Waals surface area contributed by atoms with Crippen LogP contribution in [0.3, 0.4) is 0 Å². The molecule has 0 bridgehead atoms. The van der Waals surface area contributed by atoms with Crippen molar-refractivity contribution in [2.24, 2.45) is 0 Å². The smallest absolute Gasteiger partial charge is 0.326 e. The fourth-order valence-electron chi connectivity index (χ4n) is 2.35. The van der Waals surface area contributed by atoms with Gasteiger partial charge in [0, 0.05) is 18.9 Å². The van der Waals surface area contributed by atoms with Crippen LogP contribution in [0.2, 0.25) is 0 Å². The molecular formula is C14H17N3O4. The van der Waals surface area contributed by atoms with Crippen LogP contribution >= 0.6 is 0 Å². The van der Waals surface area contributed by atoms with Gasteiger partial charge < -0.3 is 15.3 Å². The number of hydrogen-bond acceptors (Lipinski definition) is 4. The number of aromatic nitrogens is 1. The van der Waals surface area contributed by atoms with Crippen LogP contribution in [0, 0.1) is 0 Å². The molecule has 2 amide bonds. The van der Waals surface area contributed by atoms with Gasteiger partial charge in [-0.05, 0) is 24.5 Å². The van der Waals surface area contributed by atoms with E-state index in [0.717, 1.165) is 5.56 Å². The number of aliphatic carboxylic acids is 1. The van der Waals surface area contributed by atoms with Gasteiger partial charge in [-0.3, -0.25) is 14.6 Å². The molecule has 1 aliphatic heterocycles. The zero-order valence-corrected chi connectivity index (χ0v) is 11.5. The number of hydrogen-bond donors (Lipinski definition) is 2. The van der Waals surface area contributed by atoms with E-state index in [-0.39, 0.29) is 24.8 Å². The Morgan fingerprint density at radius 1 is 1.43 bits per heavy atom. The second kappa shape index (κ2) is 6.83. The highest BCUT2D eigenvalue weighted by Gasteiger charge is 2.33. The molecule has 1 atom stereocenters. The number of likely N-dealkylation sites (tertiary alicyclic amines) is 1. The van der Waals surface area contributed by atoms with Gasteiger partial charge in [-0.25, -0.2) is 4.79 Å². The number of nitrogens with one attached hydrogen (secondary N) is 1. The van der Waals surface area contributed by atoms with Crippen molar-refractivity contribution in [3.8, 4) is 0 Å². The predicted molar refractivity (Wildman–Crippen MR) is 73.3 cm³/mol. The molecule has 112 valence electrons. The average molecular weight is 291 g/mol. The second-order valence-electron chi connectivity index (χ2n) is 4.90.